The number of carbonyl (C=O) groups is 2. The maximum absolute atomic E-state index is 12.4. The van der Waals surface area contributed by atoms with Gasteiger partial charge in [0.15, 0.2) is 6.61 Å². The van der Waals surface area contributed by atoms with Crippen molar-refractivity contribution in [2.45, 2.75) is 4.90 Å². The molecule has 2 N–H and O–H groups in total. The minimum absolute atomic E-state index is 0.0719. The predicted octanol–water partition coefficient (Wildman–Crippen LogP) is 1.80. The molecule has 28 heavy (non-hydrogen) atoms. The van der Waals surface area contributed by atoms with Crippen molar-refractivity contribution in [2.24, 2.45) is 0 Å². The largest absolute Gasteiger partial charge is 0.497 e. The van der Waals surface area contributed by atoms with Crippen LogP contribution >= 0.6 is 0 Å². The molecule has 0 aliphatic carbocycles. The van der Waals surface area contributed by atoms with Gasteiger partial charge in [0.1, 0.15) is 5.75 Å². The van der Waals surface area contributed by atoms with Crippen LogP contribution in [0.3, 0.4) is 0 Å². The van der Waals surface area contributed by atoms with Gasteiger partial charge in [0, 0.05) is 18.8 Å². The van der Waals surface area contributed by atoms with E-state index in [1.54, 1.807) is 36.4 Å². The van der Waals surface area contributed by atoms with E-state index in [-0.39, 0.29) is 11.5 Å². The van der Waals surface area contributed by atoms with Gasteiger partial charge in [0.25, 0.3) is 15.9 Å². The Kier molecular flexibility index (Phi) is 7.16. The molecule has 1 amide bonds. The highest BCUT2D eigenvalue weighted by Crippen LogP contribution is 2.19. The van der Waals surface area contributed by atoms with Crippen molar-refractivity contribution < 1.29 is 27.5 Å². The van der Waals surface area contributed by atoms with Gasteiger partial charge >= 0.3 is 5.97 Å². The summed E-state index contributed by atoms with van der Waals surface area (Å²) in [5.74, 6) is -0.477. The van der Waals surface area contributed by atoms with Crippen LogP contribution in [0, 0.1) is 0 Å². The highest BCUT2D eigenvalue weighted by atomic mass is 32.2. The average Bonchev–Trinajstić information content (AvgIpc) is 2.71. The summed E-state index contributed by atoms with van der Waals surface area (Å²) >= 11 is 0. The number of anilines is 1. The molecular weight excluding hydrogens is 384 g/mol. The van der Waals surface area contributed by atoms with E-state index >= 15 is 0 Å². The Bertz CT molecular complexity index is 951. The summed E-state index contributed by atoms with van der Waals surface area (Å²) in [6, 6.07) is 12.4. The van der Waals surface area contributed by atoms with Gasteiger partial charge in [0.05, 0.1) is 12.0 Å². The second kappa shape index (κ2) is 9.56. The molecule has 148 valence electrons. The van der Waals surface area contributed by atoms with Crippen molar-refractivity contribution in [1.82, 2.24) is 5.32 Å². The third-order valence-corrected chi connectivity index (χ3v) is 4.97. The standard InChI is InChI=1S/C19H20N2O6S/c1-20-18(22)13-27-19(23)12-5-14-3-10-17(11-4-14)28(24,25)21-15-6-8-16(26-2)9-7-15/h3-12,21H,13H2,1-2H3,(H,20,22)/b12-5+. The number of sulfonamides is 1. The molecule has 0 unspecified atom stereocenters. The molecule has 0 aliphatic rings. The maximum Gasteiger partial charge on any atom is 0.331 e. The second-order valence-corrected chi connectivity index (χ2v) is 7.20. The number of hydrogen-bond acceptors (Lipinski definition) is 6. The van der Waals surface area contributed by atoms with Crippen LogP contribution in [0.15, 0.2) is 59.5 Å². The SMILES string of the molecule is CNC(=O)COC(=O)/C=C/c1ccc(S(=O)(=O)Nc2ccc(OC)cc2)cc1. The zero-order valence-corrected chi connectivity index (χ0v) is 16.2. The van der Waals surface area contributed by atoms with Crippen LogP contribution in [0.1, 0.15) is 5.56 Å². The summed E-state index contributed by atoms with van der Waals surface area (Å²) in [5, 5.41) is 2.33. The Labute approximate surface area is 163 Å². The number of amides is 1. The summed E-state index contributed by atoms with van der Waals surface area (Å²) in [4.78, 5) is 22.6. The van der Waals surface area contributed by atoms with E-state index in [1.807, 2.05) is 0 Å². The van der Waals surface area contributed by atoms with Crippen molar-refractivity contribution in [3.8, 4) is 5.75 Å². The third kappa shape index (κ3) is 6.13. The van der Waals surface area contributed by atoms with E-state index < -0.39 is 21.9 Å². The molecule has 0 saturated carbocycles. The molecule has 0 bridgehead atoms. The zero-order valence-electron chi connectivity index (χ0n) is 15.3. The van der Waals surface area contributed by atoms with Crippen molar-refractivity contribution in [3.05, 3.63) is 60.2 Å². The first-order valence-corrected chi connectivity index (χ1v) is 9.65. The molecule has 2 rings (SSSR count). The molecule has 0 aromatic heterocycles. The molecule has 0 radical (unpaired) electrons. The molecule has 0 saturated heterocycles. The number of methoxy groups -OCH3 is 1. The first kappa shape index (κ1) is 21.0. The highest BCUT2D eigenvalue weighted by Gasteiger charge is 2.14. The third-order valence-electron chi connectivity index (χ3n) is 3.57. The van der Waals surface area contributed by atoms with Crippen LogP contribution < -0.4 is 14.8 Å². The molecule has 0 fully saturated rings. The van der Waals surface area contributed by atoms with Crippen molar-refractivity contribution in [2.75, 3.05) is 25.5 Å². The van der Waals surface area contributed by atoms with Crippen LogP contribution in [0.2, 0.25) is 0 Å². The maximum atomic E-state index is 12.4. The lowest BCUT2D eigenvalue weighted by Crippen LogP contribution is -2.24. The van der Waals surface area contributed by atoms with Gasteiger partial charge in [-0.25, -0.2) is 13.2 Å². The Morgan fingerprint density at radius 2 is 1.68 bits per heavy atom. The number of rotatable bonds is 8. The fraction of sp³-hybridized carbons (Fsp3) is 0.158. The van der Waals surface area contributed by atoms with Crippen LogP contribution in [0.4, 0.5) is 5.69 Å². The summed E-state index contributed by atoms with van der Waals surface area (Å²) in [5.41, 5.74) is 1.00. The fourth-order valence-corrected chi connectivity index (χ4v) is 3.11. The minimum Gasteiger partial charge on any atom is -0.497 e. The van der Waals surface area contributed by atoms with Gasteiger partial charge in [-0.1, -0.05) is 12.1 Å². The Hall–Kier alpha value is -3.33. The van der Waals surface area contributed by atoms with Gasteiger partial charge < -0.3 is 14.8 Å². The van der Waals surface area contributed by atoms with Gasteiger partial charge in [-0.15, -0.1) is 0 Å². The Morgan fingerprint density at radius 1 is 1.04 bits per heavy atom. The summed E-state index contributed by atoms with van der Waals surface area (Å²) in [6.07, 6.45) is 2.61. The number of carbonyl (C=O) groups excluding carboxylic acids is 2. The molecule has 0 atom stereocenters. The molecule has 0 aliphatic heterocycles. The summed E-state index contributed by atoms with van der Waals surface area (Å²) in [6.45, 7) is -0.367. The average molecular weight is 404 g/mol. The van der Waals surface area contributed by atoms with E-state index in [1.165, 1.54) is 32.4 Å². The van der Waals surface area contributed by atoms with Crippen molar-refractivity contribution in [3.63, 3.8) is 0 Å². The predicted molar refractivity (Wildman–Crippen MR) is 104 cm³/mol. The van der Waals surface area contributed by atoms with E-state index in [4.69, 9.17) is 9.47 Å². The quantitative estimate of drug-likeness (QED) is 0.513. The number of ether oxygens (including phenoxy) is 2. The molecule has 9 heteroatoms. The van der Waals surface area contributed by atoms with Gasteiger partial charge in [-0.2, -0.15) is 0 Å². The smallest absolute Gasteiger partial charge is 0.331 e. The summed E-state index contributed by atoms with van der Waals surface area (Å²) < 4.78 is 37.1. The fourth-order valence-electron chi connectivity index (χ4n) is 2.05. The highest BCUT2D eigenvalue weighted by molar-refractivity contribution is 7.92. The normalized spacial score (nSPS) is 11.1. The van der Waals surface area contributed by atoms with Gasteiger partial charge in [0.2, 0.25) is 0 Å². The molecular formula is C19H20N2O6S. The van der Waals surface area contributed by atoms with E-state index in [2.05, 4.69) is 10.0 Å². The number of esters is 1. The Morgan fingerprint density at radius 3 is 2.25 bits per heavy atom. The lowest BCUT2D eigenvalue weighted by Gasteiger charge is -2.09. The van der Waals surface area contributed by atoms with Crippen LogP contribution in [-0.4, -0.2) is 41.1 Å². The molecule has 2 aromatic rings. The van der Waals surface area contributed by atoms with Crippen LogP contribution in [0.5, 0.6) is 5.75 Å². The van der Waals surface area contributed by atoms with Crippen LogP contribution in [-0.2, 0) is 24.3 Å². The zero-order chi connectivity index (χ0) is 20.6. The van der Waals surface area contributed by atoms with E-state index in [0.29, 0.717) is 17.0 Å². The van der Waals surface area contributed by atoms with E-state index in [9.17, 15) is 18.0 Å². The monoisotopic (exact) mass is 404 g/mol. The second-order valence-electron chi connectivity index (χ2n) is 5.52. The minimum atomic E-state index is -3.75. The van der Waals surface area contributed by atoms with Gasteiger partial charge in [-0.3, -0.25) is 9.52 Å². The molecule has 0 spiro atoms. The first-order valence-electron chi connectivity index (χ1n) is 8.16. The van der Waals surface area contributed by atoms with Crippen LogP contribution in [0.25, 0.3) is 6.08 Å². The first-order chi connectivity index (χ1) is 13.3. The van der Waals surface area contributed by atoms with Gasteiger partial charge in [-0.05, 0) is 48.0 Å². The van der Waals surface area contributed by atoms with Crippen molar-refractivity contribution in [1.29, 1.82) is 0 Å². The van der Waals surface area contributed by atoms with E-state index in [0.717, 1.165) is 6.08 Å². The molecule has 2 aromatic carbocycles. The summed E-state index contributed by atoms with van der Waals surface area (Å²) in [7, 11) is -0.793. The number of likely N-dealkylation sites (N-methyl/N-ethyl adjacent to an activating group) is 1. The Balaban J connectivity index is 2.01. The molecule has 0 heterocycles. The lowest BCUT2D eigenvalue weighted by molar-refractivity contribution is -0.143. The molecule has 8 nitrogen and oxygen atoms in total. The topological polar surface area (TPSA) is 111 Å². The number of nitrogens with one attached hydrogen (secondary N) is 2. The van der Waals surface area contributed by atoms with Crippen molar-refractivity contribution >= 4 is 33.7 Å². The lowest BCUT2D eigenvalue weighted by atomic mass is 10.2. The number of hydrogen-bond donors (Lipinski definition) is 2. The number of benzene rings is 2.